The summed E-state index contributed by atoms with van der Waals surface area (Å²) in [7, 11) is -2.54. The molecule has 1 amide bonds. The summed E-state index contributed by atoms with van der Waals surface area (Å²) in [5.41, 5.74) is 9.31. The summed E-state index contributed by atoms with van der Waals surface area (Å²) in [6.45, 7) is 3.40. The molecule has 1 saturated heterocycles. The monoisotopic (exact) mass is 768 g/mol. The van der Waals surface area contributed by atoms with Crippen LogP contribution in [0.1, 0.15) is 27.0 Å². The highest BCUT2D eigenvalue weighted by atomic mass is 32.2. The molecule has 1 fully saturated rings. The van der Waals surface area contributed by atoms with Crippen LogP contribution in [0.4, 0.5) is 26.0 Å². The maximum Gasteiger partial charge on any atom is 0.258 e. The lowest BCUT2D eigenvalue weighted by molar-refractivity contribution is 0.102. The maximum absolute atomic E-state index is 14.6. The van der Waals surface area contributed by atoms with Crippen molar-refractivity contribution in [3.63, 3.8) is 0 Å². The minimum absolute atomic E-state index is 0.0466. The number of carbonyl (C=O) groups is 1. The Morgan fingerprint density at radius 3 is 1.80 bits per heavy atom. The maximum atomic E-state index is 14.6. The van der Waals surface area contributed by atoms with Crippen LogP contribution >= 0.6 is 0 Å². The van der Waals surface area contributed by atoms with Gasteiger partial charge in [-0.05, 0) is 66.2 Å². The van der Waals surface area contributed by atoms with E-state index in [1.54, 1.807) is 28.9 Å². The van der Waals surface area contributed by atoms with Gasteiger partial charge in [-0.1, -0.05) is 97.1 Å². The van der Waals surface area contributed by atoms with Crippen LogP contribution in [0.15, 0.2) is 155 Å². The number of amides is 1. The van der Waals surface area contributed by atoms with Gasteiger partial charge in [0.05, 0.1) is 26.3 Å². The number of nitrogens with zero attached hydrogens (tertiary/aromatic N) is 4. The zero-order chi connectivity index (χ0) is 39.0. The molecule has 0 unspecified atom stereocenters. The SMILES string of the molecule is CN1CCN(c2ccc(C(=O)Nc3nn(C(c4ccccc4)(c4ccccc4)c4ccccc4)c4cccc(S(=O)(=O)c5cc(F)cc(F)c5)c34)c(N)c2)CC1. The van der Waals surface area contributed by atoms with Gasteiger partial charge < -0.3 is 20.9 Å². The molecule has 3 N–H and O–H groups in total. The highest BCUT2D eigenvalue weighted by Crippen LogP contribution is 2.45. The lowest BCUT2D eigenvalue weighted by atomic mass is 9.77. The first-order chi connectivity index (χ1) is 27.1. The molecule has 9 nitrogen and oxygen atoms in total. The number of likely N-dealkylation sites (N-methyl/N-ethyl adjacent to an activating group) is 1. The zero-order valence-corrected chi connectivity index (χ0v) is 31.3. The molecule has 0 bridgehead atoms. The van der Waals surface area contributed by atoms with E-state index < -0.39 is 37.8 Å². The number of aromatic nitrogens is 2. The molecule has 1 aliphatic rings. The van der Waals surface area contributed by atoms with Gasteiger partial charge in [-0.15, -0.1) is 0 Å². The third kappa shape index (κ3) is 6.46. The Labute approximate surface area is 323 Å². The molecule has 0 saturated carbocycles. The Morgan fingerprint density at radius 1 is 0.714 bits per heavy atom. The van der Waals surface area contributed by atoms with Crippen LogP contribution in [0, 0.1) is 11.6 Å². The van der Waals surface area contributed by atoms with Gasteiger partial charge in [-0.2, -0.15) is 5.10 Å². The second-order valence-corrected chi connectivity index (χ2v) is 15.8. The Hall–Kier alpha value is -6.37. The number of nitrogen functional groups attached to an aromatic ring is 1. The van der Waals surface area contributed by atoms with Gasteiger partial charge in [-0.25, -0.2) is 21.9 Å². The van der Waals surface area contributed by atoms with Gasteiger partial charge in [-0.3, -0.25) is 4.79 Å². The molecule has 1 aliphatic heterocycles. The highest BCUT2D eigenvalue weighted by molar-refractivity contribution is 7.91. The number of nitrogens with two attached hydrogens (primary N) is 1. The summed E-state index contributed by atoms with van der Waals surface area (Å²) in [5.74, 6) is -2.80. The normalized spacial score (nSPS) is 13.9. The number of carbonyl (C=O) groups excluding carboxylic acids is 1. The Balaban J connectivity index is 1.38. The van der Waals surface area contributed by atoms with Crippen LogP contribution < -0.4 is 16.0 Å². The summed E-state index contributed by atoms with van der Waals surface area (Å²) < 4.78 is 59.8. The number of fused-ring (bicyclic) bond motifs is 1. The third-order valence-corrected chi connectivity index (χ3v) is 12.2. The number of halogens is 2. The van der Waals surface area contributed by atoms with Crippen LogP contribution in [-0.2, 0) is 15.4 Å². The van der Waals surface area contributed by atoms with Crippen molar-refractivity contribution in [3.8, 4) is 0 Å². The lowest BCUT2D eigenvalue weighted by Gasteiger charge is -2.37. The van der Waals surface area contributed by atoms with E-state index in [-0.39, 0.29) is 27.4 Å². The fourth-order valence-electron chi connectivity index (χ4n) is 7.61. The Bertz CT molecular complexity index is 2550. The van der Waals surface area contributed by atoms with Gasteiger partial charge in [0.25, 0.3) is 5.91 Å². The largest absolute Gasteiger partial charge is 0.398 e. The Morgan fingerprint density at radius 2 is 1.27 bits per heavy atom. The minimum atomic E-state index is -4.61. The fraction of sp³-hybridized carbons (Fsp3) is 0.136. The molecule has 282 valence electrons. The number of rotatable bonds is 9. The minimum Gasteiger partial charge on any atom is -0.398 e. The molecule has 7 aromatic rings. The Kier molecular flexibility index (Phi) is 9.61. The van der Waals surface area contributed by atoms with E-state index in [0.29, 0.717) is 11.6 Å². The van der Waals surface area contributed by atoms with E-state index in [2.05, 4.69) is 22.2 Å². The molecule has 0 spiro atoms. The molecule has 2 heterocycles. The van der Waals surface area contributed by atoms with Crippen molar-refractivity contribution in [2.75, 3.05) is 49.2 Å². The average molecular weight is 769 g/mol. The predicted molar refractivity (Wildman–Crippen MR) is 215 cm³/mol. The second-order valence-electron chi connectivity index (χ2n) is 13.8. The van der Waals surface area contributed by atoms with Crippen LogP contribution in [0.2, 0.25) is 0 Å². The molecular formula is C44H38F2N6O3S. The van der Waals surface area contributed by atoms with E-state index in [0.717, 1.165) is 60.7 Å². The molecule has 1 aromatic heterocycles. The third-order valence-electron chi connectivity index (χ3n) is 10.4. The first-order valence-corrected chi connectivity index (χ1v) is 19.6. The van der Waals surface area contributed by atoms with Gasteiger partial charge in [0.1, 0.15) is 17.2 Å². The molecule has 6 aromatic carbocycles. The van der Waals surface area contributed by atoms with Crippen molar-refractivity contribution in [2.24, 2.45) is 0 Å². The first-order valence-electron chi connectivity index (χ1n) is 18.1. The summed E-state index contributed by atoms with van der Waals surface area (Å²) in [6.07, 6.45) is 0. The second kappa shape index (κ2) is 14.7. The topological polar surface area (TPSA) is 114 Å². The van der Waals surface area contributed by atoms with E-state index in [1.807, 2.05) is 97.1 Å². The van der Waals surface area contributed by atoms with Gasteiger partial charge in [0, 0.05) is 43.6 Å². The van der Waals surface area contributed by atoms with Gasteiger partial charge >= 0.3 is 0 Å². The van der Waals surface area contributed by atoms with Gasteiger partial charge in [0.15, 0.2) is 5.82 Å². The molecule has 8 rings (SSSR count). The predicted octanol–water partition coefficient (Wildman–Crippen LogP) is 7.57. The lowest BCUT2D eigenvalue weighted by Crippen LogP contribution is -2.44. The average Bonchev–Trinajstić information content (AvgIpc) is 3.57. The number of anilines is 3. The van der Waals surface area contributed by atoms with Crippen molar-refractivity contribution < 1.29 is 22.0 Å². The first kappa shape index (κ1) is 36.6. The molecule has 12 heteroatoms. The van der Waals surface area contributed by atoms with Crippen molar-refractivity contribution in [1.82, 2.24) is 14.7 Å². The van der Waals surface area contributed by atoms with Gasteiger partial charge in [0.2, 0.25) is 9.84 Å². The summed E-state index contributed by atoms with van der Waals surface area (Å²) in [4.78, 5) is 17.8. The summed E-state index contributed by atoms with van der Waals surface area (Å²) in [5, 5.41) is 8.05. The number of piperazine rings is 1. The number of sulfone groups is 1. The smallest absolute Gasteiger partial charge is 0.258 e. The number of hydrogen-bond acceptors (Lipinski definition) is 7. The van der Waals surface area contributed by atoms with Crippen molar-refractivity contribution in [2.45, 2.75) is 15.3 Å². The van der Waals surface area contributed by atoms with Crippen LogP contribution in [0.25, 0.3) is 10.9 Å². The number of hydrogen-bond donors (Lipinski definition) is 2. The van der Waals surface area contributed by atoms with Crippen LogP contribution in [0.5, 0.6) is 0 Å². The van der Waals surface area contributed by atoms with Crippen LogP contribution in [-0.4, -0.2) is 62.2 Å². The van der Waals surface area contributed by atoms with E-state index in [1.165, 1.54) is 6.07 Å². The summed E-state index contributed by atoms with van der Waals surface area (Å²) in [6, 6.07) is 40.9. The fourth-order valence-corrected chi connectivity index (χ4v) is 9.13. The summed E-state index contributed by atoms with van der Waals surface area (Å²) >= 11 is 0. The van der Waals surface area contributed by atoms with Crippen molar-refractivity contribution in [3.05, 3.63) is 179 Å². The molecule has 0 atom stereocenters. The van der Waals surface area contributed by atoms with Crippen LogP contribution in [0.3, 0.4) is 0 Å². The van der Waals surface area contributed by atoms with E-state index in [4.69, 9.17) is 10.8 Å². The number of benzene rings is 6. The molecule has 0 radical (unpaired) electrons. The van der Waals surface area contributed by atoms with Crippen molar-refractivity contribution in [1.29, 1.82) is 0 Å². The zero-order valence-electron chi connectivity index (χ0n) is 30.4. The standard InChI is InChI=1S/C44H38F2N6O3S/c1-50-22-24-51(25-23-50)35-20-21-37(38(47)29-35)43(53)48-42-41-39(18-11-19-40(41)56(54,55)36-27-33(45)26-34(46)28-36)52(49-42)44(30-12-5-2-6-13-30,31-14-7-3-8-15-31)32-16-9-4-10-17-32/h2-21,26-29H,22-25,47H2,1H3,(H,48,49,53). The van der Waals surface area contributed by atoms with E-state index in [9.17, 15) is 22.0 Å². The molecular weight excluding hydrogens is 731 g/mol. The van der Waals surface area contributed by atoms with E-state index >= 15 is 0 Å². The number of nitrogens with one attached hydrogen (secondary N) is 1. The quantitative estimate of drug-likeness (QED) is 0.115. The molecule has 0 aliphatic carbocycles. The molecule has 56 heavy (non-hydrogen) atoms. The van der Waals surface area contributed by atoms with Crippen molar-refractivity contribution >= 4 is 43.8 Å². The highest BCUT2D eigenvalue weighted by Gasteiger charge is 2.42.